The molecule has 5 heteroatoms. The van der Waals surface area contributed by atoms with Crippen LogP contribution < -0.4 is 0 Å². The van der Waals surface area contributed by atoms with Crippen molar-refractivity contribution in [2.24, 2.45) is 5.92 Å². The average molecular weight is 370 g/mol. The Balaban J connectivity index is 1.25. The second-order valence-corrected chi connectivity index (χ2v) is 8.28. The van der Waals surface area contributed by atoms with Gasteiger partial charge in [0, 0.05) is 51.7 Å². The Hall–Kier alpha value is -1.88. The largest absolute Gasteiger partial charge is 0.342 e. The molecule has 0 N–H and O–H groups in total. The molecule has 1 aromatic carbocycles. The number of benzene rings is 1. The maximum Gasteiger partial charge on any atom is 0.228 e. The van der Waals surface area contributed by atoms with Gasteiger partial charge in [0.05, 0.1) is 5.92 Å². The Morgan fingerprint density at radius 3 is 2.41 bits per heavy atom. The van der Waals surface area contributed by atoms with Crippen LogP contribution in [0.5, 0.6) is 0 Å². The van der Waals surface area contributed by atoms with E-state index in [9.17, 15) is 9.59 Å². The number of hydrogen-bond acceptors (Lipinski definition) is 3. The third kappa shape index (κ3) is 4.34. The number of nitrogens with zero attached hydrogens (tertiary/aromatic N) is 3. The predicted molar refractivity (Wildman–Crippen MR) is 105 cm³/mol. The summed E-state index contributed by atoms with van der Waals surface area (Å²) in [6.07, 6.45) is 6.59. The molecule has 0 bridgehead atoms. The van der Waals surface area contributed by atoms with Crippen LogP contribution in [0.2, 0.25) is 0 Å². The molecule has 5 nitrogen and oxygen atoms in total. The van der Waals surface area contributed by atoms with Gasteiger partial charge >= 0.3 is 0 Å². The lowest BCUT2D eigenvalue weighted by molar-refractivity contribution is -0.137. The Labute approximate surface area is 162 Å². The molecular weight excluding hydrogens is 338 g/mol. The van der Waals surface area contributed by atoms with Crippen LogP contribution in [0.1, 0.15) is 37.7 Å². The molecule has 0 radical (unpaired) electrons. The predicted octanol–water partition coefficient (Wildman–Crippen LogP) is 2.16. The van der Waals surface area contributed by atoms with Crippen molar-refractivity contribution in [3.8, 4) is 0 Å². The normalized spacial score (nSPS) is 24.7. The number of likely N-dealkylation sites (tertiary alicyclic amines) is 1. The third-order valence-corrected chi connectivity index (χ3v) is 6.54. The SMILES string of the molecule is O=C1C[C@@H](C(=O)N2CCN(C3CCCC3)CC2)CN1CCc1ccccc1. The van der Waals surface area contributed by atoms with Gasteiger partial charge in [0.15, 0.2) is 0 Å². The second kappa shape index (κ2) is 8.42. The molecule has 27 heavy (non-hydrogen) atoms. The van der Waals surface area contributed by atoms with E-state index in [-0.39, 0.29) is 17.7 Å². The summed E-state index contributed by atoms with van der Waals surface area (Å²) in [5.74, 6) is 0.178. The smallest absolute Gasteiger partial charge is 0.228 e. The Kier molecular flexibility index (Phi) is 5.77. The van der Waals surface area contributed by atoms with Crippen LogP contribution >= 0.6 is 0 Å². The monoisotopic (exact) mass is 369 g/mol. The van der Waals surface area contributed by atoms with Crippen LogP contribution in [0, 0.1) is 5.92 Å². The highest BCUT2D eigenvalue weighted by molar-refractivity contribution is 5.89. The molecule has 4 rings (SSSR count). The maximum absolute atomic E-state index is 12.9. The highest BCUT2D eigenvalue weighted by Crippen LogP contribution is 2.26. The summed E-state index contributed by atoms with van der Waals surface area (Å²) in [4.78, 5) is 31.7. The van der Waals surface area contributed by atoms with Gasteiger partial charge in [0.25, 0.3) is 0 Å². The number of amides is 2. The minimum atomic E-state index is -0.147. The number of carbonyl (C=O) groups excluding carboxylic acids is 2. The van der Waals surface area contributed by atoms with Crippen LogP contribution in [0.3, 0.4) is 0 Å². The zero-order chi connectivity index (χ0) is 18.6. The first-order chi connectivity index (χ1) is 13.2. The first-order valence-corrected chi connectivity index (χ1v) is 10.6. The topological polar surface area (TPSA) is 43.9 Å². The second-order valence-electron chi connectivity index (χ2n) is 8.28. The highest BCUT2D eigenvalue weighted by atomic mass is 16.2. The number of hydrogen-bond donors (Lipinski definition) is 0. The van der Waals surface area contributed by atoms with Crippen molar-refractivity contribution in [3.63, 3.8) is 0 Å². The van der Waals surface area contributed by atoms with Gasteiger partial charge in [-0.25, -0.2) is 0 Å². The first-order valence-electron chi connectivity index (χ1n) is 10.6. The van der Waals surface area contributed by atoms with E-state index in [0.717, 1.165) is 38.6 Å². The lowest BCUT2D eigenvalue weighted by Gasteiger charge is -2.38. The van der Waals surface area contributed by atoms with Crippen molar-refractivity contribution < 1.29 is 9.59 Å². The third-order valence-electron chi connectivity index (χ3n) is 6.54. The molecule has 3 aliphatic rings. The van der Waals surface area contributed by atoms with Crippen LogP contribution in [-0.4, -0.2) is 71.8 Å². The lowest BCUT2D eigenvalue weighted by Crippen LogP contribution is -2.52. The van der Waals surface area contributed by atoms with Gasteiger partial charge in [-0.1, -0.05) is 43.2 Å². The molecule has 1 saturated carbocycles. The van der Waals surface area contributed by atoms with Gasteiger partial charge in [-0.3, -0.25) is 14.5 Å². The summed E-state index contributed by atoms with van der Waals surface area (Å²) < 4.78 is 0. The van der Waals surface area contributed by atoms with Crippen molar-refractivity contribution in [2.75, 3.05) is 39.3 Å². The molecule has 146 valence electrons. The molecule has 0 unspecified atom stereocenters. The Morgan fingerprint density at radius 2 is 1.70 bits per heavy atom. The molecule has 1 aliphatic carbocycles. The van der Waals surface area contributed by atoms with Gasteiger partial charge in [-0.05, 0) is 24.8 Å². The number of carbonyl (C=O) groups is 2. The van der Waals surface area contributed by atoms with E-state index in [0.29, 0.717) is 19.5 Å². The maximum atomic E-state index is 12.9. The first kappa shape index (κ1) is 18.5. The molecule has 2 aliphatic heterocycles. The van der Waals surface area contributed by atoms with E-state index in [4.69, 9.17) is 0 Å². The fourth-order valence-corrected chi connectivity index (χ4v) is 4.90. The van der Waals surface area contributed by atoms with Crippen LogP contribution in [-0.2, 0) is 16.0 Å². The minimum absolute atomic E-state index is 0.133. The molecule has 1 aromatic rings. The Bertz CT molecular complexity index is 649. The molecule has 0 aromatic heterocycles. The summed E-state index contributed by atoms with van der Waals surface area (Å²) in [6.45, 7) is 4.94. The van der Waals surface area contributed by atoms with E-state index in [1.807, 2.05) is 28.0 Å². The number of piperazine rings is 1. The van der Waals surface area contributed by atoms with Crippen molar-refractivity contribution in [1.29, 1.82) is 0 Å². The van der Waals surface area contributed by atoms with E-state index < -0.39 is 0 Å². The van der Waals surface area contributed by atoms with Gasteiger partial charge < -0.3 is 9.80 Å². The summed E-state index contributed by atoms with van der Waals surface area (Å²) >= 11 is 0. The van der Waals surface area contributed by atoms with Gasteiger partial charge in [-0.2, -0.15) is 0 Å². The summed E-state index contributed by atoms with van der Waals surface area (Å²) in [5, 5.41) is 0. The summed E-state index contributed by atoms with van der Waals surface area (Å²) in [7, 11) is 0. The number of rotatable bonds is 5. The standard InChI is InChI=1S/C22H31N3O2/c26-21-16-19(17-25(21)11-10-18-6-2-1-3-7-18)22(27)24-14-12-23(13-15-24)20-8-4-5-9-20/h1-3,6-7,19-20H,4-5,8-17H2/t19-/m1/s1. The van der Waals surface area contributed by atoms with Crippen molar-refractivity contribution in [1.82, 2.24) is 14.7 Å². The van der Waals surface area contributed by atoms with E-state index >= 15 is 0 Å². The van der Waals surface area contributed by atoms with Gasteiger partial charge in [0.2, 0.25) is 11.8 Å². The molecule has 0 spiro atoms. The zero-order valence-corrected chi connectivity index (χ0v) is 16.2. The van der Waals surface area contributed by atoms with Gasteiger partial charge in [0.1, 0.15) is 0 Å². The van der Waals surface area contributed by atoms with E-state index in [1.54, 1.807) is 0 Å². The van der Waals surface area contributed by atoms with Crippen molar-refractivity contribution in [2.45, 2.75) is 44.6 Å². The van der Waals surface area contributed by atoms with Crippen LogP contribution in [0.25, 0.3) is 0 Å². The molecule has 2 amide bonds. The van der Waals surface area contributed by atoms with Crippen LogP contribution in [0.15, 0.2) is 30.3 Å². The van der Waals surface area contributed by atoms with Crippen LogP contribution in [0.4, 0.5) is 0 Å². The molecule has 1 atom stereocenters. The van der Waals surface area contributed by atoms with Crippen molar-refractivity contribution >= 4 is 11.8 Å². The quantitative estimate of drug-likeness (QED) is 0.799. The van der Waals surface area contributed by atoms with E-state index in [1.165, 1.54) is 31.2 Å². The Morgan fingerprint density at radius 1 is 1.00 bits per heavy atom. The molecular formula is C22H31N3O2. The highest BCUT2D eigenvalue weighted by Gasteiger charge is 2.37. The molecule has 3 fully saturated rings. The minimum Gasteiger partial charge on any atom is -0.342 e. The zero-order valence-electron chi connectivity index (χ0n) is 16.2. The van der Waals surface area contributed by atoms with E-state index in [2.05, 4.69) is 17.0 Å². The summed E-state index contributed by atoms with van der Waals surface area (Å²) in [5.41, 5.74) is 1.24. The molecule has 2 saturated heterocycles. The summed E-state index contributed by atoms with van der Waals surface area (Å²) in [6, 6.07) is 11.0. The fraction of sp³-hybridized carbons (Fsp3) is 0.636. The lowest BCUT2D eigenvalue weighted by atomic mass is 10.1. The van der Waals surface area contributed by atoms with Gasteiger partial charge in [-0.15, -0.1) is 0 Å². The van der Waals surface area contributed by atoms with Crippen molar-refractivity contribution in [3.05, 3.63) is 35.9 Å². The molecule has 2 heterocycles. The average Bonchev–Trinajstić information content (AvgIpc) is 3.37. The fourth-order valence-electron chi connectivity index (χ4n) is 4.90.